The van der Waals surface area contributed by atoms with Crippen LogP contribution in [0, 0.1) is 0 Å². The molecule has 0 heterocycles. The van der Waals surface area contributed by atoms with Gasteiger partial charge >= 0.3 is 0 Å². The molecule has 0 aliphatic carbocycles. The summed E-state index contributed by atoms with van der Waals surface area (Å²) in [5.41, 5.74) is 0. The van der Waals surface area contributed by atoms with Gasteiger partial charge in [0.15, 0.2) is 8.32 Å². The Morgan fingerprint density at radius 3 is 2.27 bits per heavy atom. The molecule has 1 nitrogen and oxygen atoms in total. The van der Waals surface area contributed by atoms with Gasteiger partial charge in [-0.05, 0) is 31.0 Å². The lowest BCUT2D eigenvalue weighted by molar-refractivity contribution is 0.266. The lowest BCUT2D eigenvalue weighted by Gasteiger charge is -2.38. The van der Waals surface area contributed by atoms with Crippen LogP contribution in [0.4, 0.5) is 0 Å². The van der Waals surface area contributed by atoms with Crippen molar-refractivity contribution in [3.63, 3.8) is 0 Å². The topological polar surface area (TPSA) is 9.23 Å². The molecule has 0 amide bonds. The van der Waals surface area contributed by atoms with Crippen molar-refractivity contribution in [3.05, 3.63) is 11.6 Å². The molecule has 0 saturated heterocycles. The highest BCUT2D eigenvalue weighted by Crippen LogP contribution is 2.38. The van der Waals surface area contributed by atoms with E-state index < -0.39 is 8.32 Å². The van der Waals surface area contributed by atoms with Crippen molar-refractivity contribution < 1.29 is 4.43 Å². The first-order valence-corrected chi connectivity index (χ1v) is 9.74. The average Bonchev–Trinajstić information content (AvgIpc) is 1.97. The maximum Gasteiger partial charge on any atom is 0.193 e. The summed E-state index contributed by atoms with van der Waals surface area (Å²) in [5.74, 6) is 0. The molecule has 0 spiro atoms. The van der Waals surface area contributed by atoms with Crippen molar-refractivity contribution in [1.82, 2.24) is 0 Å². The molecule has 4 heteroatoms. The highest BCUT2D eigenvalue weighted by atomic mass is 127. The van der Waals surface area contributed by atoms with Gasteiger partial charge in [-0.1, -0.05) is 61.5 Å². The van der Waals surface area contributed by atoms with Crippen molar-refractivity contribution >= 4 is 42.5 Å². The van der Waals surface area contributed by atoms with Gasteiger partial charge < -0.3 is 4.43 Å². The molecule has 15 heavy (non-hydrogen) atoms. The zero-order chi connectivity index (χ0) is 12.3. The fourth-order valence-corrected chi connectivity index (χ4v) is 4.26. The second-order valence-electron chi connectivity index (χ2n) is 5.34. The van der Waals surface area contributed by atoms with Gasteiger partial charge in [0.2, 0.25) is 0 Å². The van der Waals surface area contributed by atoms with Gasteiger partial charge in [-0.15, -0.1) is 0 Å². The first-order valence-electron chi connectivity index (χ1n) is 5.21. The van der Waals surface area contributed by atoms with Crippen LogP contribution in [0.25, 0.3) is 0 Å². The third kappa shape index (κ3) is 6.29. The summed E-state index contributed by atoms with van der Waals surface area (Å²) in [5, 5.41) is 0.990. The molecule has 0 saturated carbocycles. The summed E-state index contributed by atoms with van der Waals surface area (Å²) in [6.07, 6.45) is 1.79. The quantitative estimate of drug-likeness (QED) is 0.367. The Morgan fingerprint density at radius 1 is 1.47 bits per heavy atom. The molecular weight excluding hydrogens is 339 g/mol. The Hall–Kier alpha value is 0.937. The number of hydrogen-bond donors (Lipinski definition) is 0. The number of allylic oxidation sites excluding steroid dienone is 1. The molecule has 0 aliphatic heterocycles. The lowest BCUT2D eigenvalue weighted by Crippen LogP contribution is -2.42. The minimum absolute atomic E-state index is 0.249. The summed E-state index contributed by atoms with van der Waals surface area (Å²) >= 11 is 8.09. The Kier molecular flexibility index (Phi) is 6.41. The molecule has 0 rings (SSSR count). The Balaban J connectivity index is 4.16. The summed E-state index contributed by atoms with van der Waals surface area (Å²) in [7, 11) is -1.62. The van der Waals surface area contributed by atoms with E-state index in [2.05, 4.69) is 63.0 Å². The SMILES string of the molecule is C=C(Cl)CCC(I)O[Si](C)(C)C(C)(C)C. The first kappa shape index (κ1) is 15.9. The van der Waals surface area contributed by atoms with Gasteiger partial charge in [-0.2, -0.15) is 0 Å². The normalized spacial score (nSPS) is 15.1. The zero-order valence-electron chi connectivity index (χ0n) is 10.4. The molecule has 0 aromatic heterocycles. The fraction of sp³-hybridized carbons (Fsp3) is 0.818. The molecule has 0 fully saturated rings. The van der Waals surface area contributed by atoms with Crippen LogP contribution in [0.15, 0.2) is 11.6 Å². The van der Waals surface area contributed by atoms with Crippen molar-refractivity contribution in [1.29, 1.82) is 0 Å². The van der Waals surface area contributed by atoms with Crippen LogP contribution in [0.1, 0.15) is 33.6 Å². The summed E-state index contributed by atoms with van der Waals surface area (Å²) < 4.78 is 6.43. The van der Waals surface area contributed by atoms with Crippen LogP contribution in [-0.2, 0) is 4.43 Å². The van der Waals surface area contributed by atoms with Gasteiger partial charge in [0.1, 0.15) is 0 Å². The minimum atomic E-state index is -1.62. The lowest BCUT2D eigenvalue weighted by atomic mass is 10.2. The molecule has 1 atom stereocenters. The maximum atomic E-state index is 6.18. The second kappa shape index (κ2) is 6.03. The van der Waals surface area contributed by atoms with Crippen LogP contribution >= 0.6 is 34.2 Å². The molecule has 0 bridgehead atoms. The average molecular weight is 361 g/mol. The van der Waals surface area contributed by atoms with Crippen molar-refractivity contribution in [2.75, 3.05) is 0 Å². The van der Waals surface area contributed by atoms with Crippen LogP contribution < -0.4 is 0 Å². The Bertz CT molecular complexity index is 223. The predicted molar refractivity (Wildman–Crippen MR) is 80.3 cm³/mol. The van der Waals surface area contributed by atoms with Crippen LogP contribution in [0.5, 0.6) is 0 Å². The zero-order valence-corrected chi connectivity index (χ0v) is 14.3. The summed E-state index contributed by atoms with van der Waals surface area (Å²) in [6, 6.07) is 0. The molecule has 0 aromatic rings. The molecule has 90 valence electrons. The molecule has 0 N–H and O–H groups in total. The van der Waals surface area contributed by atoms with Crippen molar-refractivity contribution in [3.8, 4) is 0 Å². The van der Waals surface area contributed by atoms with E-state index in [9.17, 15) is 0 Å². The Labute approximate surface area is 114 Å². The van der Waals surface area contributed by atoms with E-state index in [1.165, 1.54) is 0 Å². The predicted octanol–water partition coefficient (Wildman–Crippen LogP) is 5.30. The van der Waals surface area contributed by atoms with E-state index >= 15 is 0 Å². The van der Waals surface area contributed by atoms with E-state index in [0.717, 1.165) is 17.9 Å². The van der Waals surface area contributed by atoms with E-state index in [4.69, 9.17) is 16.0 Å². The van der Waals surface area contributed by atoms with Crippen molar-refractivity contribution in [2.45, 2.75) is 55.9 Å². The van der Waals surface area contributed by atoms with Gasteiger partial charge in [-0.25, -0.2) is 0 Å². The largest absolute Gasteiger partial charge is 0.405 e. The molecule has 0 radical (unpaired) electrons. The molecular formula is C11H22ClIOSi. The first-order chi connectivity index (χ1) is 6.56. The van der Waals surface area contributed by atoms with Gasteiger partial charge in [0.05, 0.1) is 4.11 Å². The molecule has 1 unspecified atom stereocenters. The second-order valence-corrected chi connectivity index (χ2v) is 12.0. The maximum absolute atomic E-state index is 6.18. The van der Waals surface area contributed by atoms with Crippen LogP contribution in [0.3, 0.4) is 0 Å². The number of alkyl halides is 1. The monoisotopic (exact) mass is 360 g/mol. The van der Waals surface area contributed by atoms with E-state index in [-0.39, 0.29) is 9.15 Å². The highest BCUT2D eigenvalue weighted by Gasteiger charge is 2.38. The standard InChI is InChI=1S/C11H22ClIOSi/c1-9(12)7-8-10(13)14-15(5,6)11(2,3)4/h10H,1,7-8H2,2-6H3. The Morgan fingerprint density at radius 2 is 1.93 bits per heavy atom. The summed E-state index contributed by atoms with van der Waals surface area (Å²) in [6.45, 7) is 15.0. The third-order valence-electron chi connectivity index (χ3n) is 2.87. The number of hydrogen-bond acceptors (Lipinski definition) is 1. The van der Waals surface area contributed by atoms with Gasteiger partial charge in [0.25, 0.3) is 0 Å². The van der Waals surface area contributed by atoms with E-state index in [1.54, 1.807) is 0 Å². The van der Waals surface area contributed by atoms with Crippen LogP contribution in [0.2, 0.25) is 18.1 Å². The molecule has 0 aromatic carbocycles. The van der Waals surface area contributed by atoms with Crippen LogP contribution in [-0.4, -0.2) is 12.4 Å². The summed E-state index contributed by atoms with van der Waals surface area (Å²) in [4.78, 5) is 0. The fourth-order valence-electron chi connectivity index (χ4n) is 0.825. The highest BCUT2D eigenvalue weighted by molar-refractivity contribution is 14.1. The smallest absolute Gasteiger partial charge is 0.193 e. The van der Waals surface area contributed by atoms with Crippen molar-refractivity contribution in [2.24, 2.45) is 0 Å². The third-order valence-corrected chi connectivity index (χ3v) is 8.90. The molecule has 0 aliphatic rings. The van der Waals surface area contributed by atoms with E-state index in [0.29, 0.717) is 0 Å². The minimum Gasteiger partial charge on any atom is -0.405 e. The number of halogens is 2. The van der Waals surface area contributed by atoms with Gasteiger partial charge in [0, 0.05) is 5.03 Å². The number of rotatable bonds is 5. The van der Waals surface area contributed by atoms with E-state index in [1.807, 2.05) is 0 Å². The van der Waals surface area contributed by atoms with Gasteiger partial charge in [-0.3, -0.25) is 0 Å².